The number of terminal acetylenes is 1. The highest BCUT2D eigenvalue weighted by atomic mass is 32.2. The van der Waals surface area contributed by atoms with E-state index >= 15 is 0 Å². The molecule has 0 aliphatic carbocycles. The summed E-state index contributed by atoms with van der Waals surface area (Å²) in [7, 11) is -3.64. The van der Waals surface area contributed by atoms with E-state index in [1.165, 1.54) is 10.4 Å². The molecule has 0 unspecified atom stereocenters. The van der Waals surface area contributed by atoms with Crippen LogP contribution >= 0.6 is 0 Å². The van der Waals surface area contributed by atoms with Crippen LogP contribution in [-0.2, 0) is 16.6 Å². The second-order valence-electron chi connectivity index (χ2n) is 4.88. The molecule has 112 valence electrons. The molecule has 0 radical (unpaired) electrons. The zero-order chi connectivity index (χ0) is 15.2. The molecule has 0 aromatic carbocycles. The lowest BCUT2D eigenvalue weighted by Crippen LogP contribution is -2.31. The first-order chi connectivity index (χ1) is 9.41. The molecule has 1 aromatic heterocycles. The van der Waals surface area contributed by atoms with Crippen LogP contribution in [0.15, 0.2) is 21.6 Å². The van der Waals surface area contributed by atoms with Crippen molar-refractivity contribution < 1.29 is 12.8 Å². The van der Waals surface area contributed by atoms with Gasteiger partial charge in [-0.3, -0.25) is 0 Å². The van der Waals surface area contributed by atoms with E-state index in [0.29, 0.717) is 24.8 Å². The van der Waals surface area contributed by atoms with E-state index in [1.807, 2.05) is 0 Å². The highest BCUT2D eigenvalue weighted by molar-refractivity contribution is 7.89. The molecule has 0 aliphatic rings. The minimum atomic E-state index is -3.64. The Morgan fingerprint density at radius 1 is 1.45 bits per heavy atom. The first-order valence-electron chi connectivity index (χ1n) is 6.64. The van der Waals surface area contributed by atoms with Gasteiger partial charge >= 0.3 is 0 Å². The number of hydrogen-bond acceptors (Lipinski definition) is 4. The Morgan fingerprint density at radius 2 is 2.15 bits per heavy atom. The maximum atomic E-state index is 12.3. The maximum absolute atomic E-state index is 12.3. The third-order valence-corrected chi connectivity index (χ3v) is 4.50. The lowest BCUT2D eigenvalue weighted by atomic mass is 10.2. The Kier molecular flexibility index (Phi) is 6.27. The Balaban J connectivity index is 2.77. The molecule has 0 amide bonds. The number of hydrogen-bond donors (Lipinski definition) is 1. The molecule has 0 atom stereocenters. The van der Waals surface area contributed by atoms with Gasteiger partial charge in [0.1, 0.15) is 5.76 Å². The van der Waals surface area contributed by atoms with Crippen LogP contribution in [0, 0.1) is 18.3 Å². The quantitative estimate of drug-likeness (QED) is 0.742. The molecule has 20 heavy (non-hydrogen) atoms. The summed E-state index contributed by atoms with van der Waals surface area (Å²) in [5.74, 6) is 3.47. The molecule has 6 heteroatoms. The number of furan rings is 1. The van der Waals surface area contributed by atoms with Gasteiger partial charge in [-0.05, 0) is 24.6 Å². The summed E-state index contributed by atoms with van der Waals surface area (Å²) in [5.41, 5.74) is 0. The molecular weight excluding hydrogens is 276 g/mol. The molecule has 1 N–H and O–H groups in total. The SMILES string of the molecule is C#CCN(CC)S(=O)(=O)c1ccc(CNCC(C)C)o1. The maximum Gasteiger partial charge on any atom is 0.277 e. The molecule has 0 spiro atoms. The van der Waals surface area contributed by atoms with Gasteiger partial charge in [-0.1, -0.05) is 26.7 Å². The first kappa shape index (κ1) is 16.8. The molecule has 0 saturated heterocycles. The average Bonchev–Trinajstić information content (AvgIpc) is 2.84. The van der Waals surface area contributed by atoms with Gasteiger partial charge in [-0.15, -0.1) is 6.42 Å². The van der Waals surface area contributed by atoms with Gasteiger partial charge in [0.25, 0.3) is 10.0 Å². The van der Waals surface area contributed by atoms with Crippen molar-refractivity contribution in [2.75, 3.05) is 19.6 Å². The van der Waals surface area contributed by atoms with Crippen LogP contribution in [0.1, 0.15) is 26.5 Å². The fraction of sp³-hybridized carbons (Fsp3) is 0.571. The minimum Gasteiger partial charge on any atom is -0.447 e. The van der Waals surface area contributed by atoms with Crippen LogP contribution < -0.4 is 5.32 Å². The monoisotopic (exact) mass is 298 g/mol. The molecule has 0 bridgehead atoms. The standard InChI is InChI=1S/C14H22N2O3S/c1-5-9-16(6-2)20(17,18)14-8-7-13(19-14)11-15-10-12(3)4/h1,7-8,12,15H,6,9-11H2,2-4H3. The Morgan fingerprint density at radius 3 is 2.70 bits per heavy atom. The van der Waals surface area contributed by atoms with Gasteiger partial charge in [0.15, 0.2) is 0 Å². The summed E-state index contributed by atoms with van der Waals surface area (Å²) >= 11 is 0. The Bertz CT molecular complexity index is 555. The van der Waals surface area contributed by atoms with E-state index in [1.54, 1.807) is 13.0 Å². The lowest BCUT2D eigenvalue weighted by molar-refractivity contribution is 0.375. The van der Waals surface area contributed by atoms with Crippen LogP contribution in [0.3, 0.4) is 0 Å². The van der Waals surface area contributed by atoms with Crippen LogP contribution in [0.5, 0.6) is 0 Å². The fourth-order valence-electron chi connectivity index (χ4n) is 1.67. The van der Waals surface area contributed by atoms with Crippen LogP contribution in [-0.4, -0.2) is 32.4 Å². The molecule has 0 saturated carbocycles. The zero-order valence-corrected chi connectivity index (χ0v) is 13.0. The van der Waals surface area contributed by atoms with Crippen molar-refractivity contribution in [1.29, 1.82) is 0 Å². The Labute approximate surface area is 121 Å². The second kappa shape index (κ2) is 7.48. The predicted octanol–water partition coefficient (Wildman–Crippen LogP) is 1.67. The van der Waals surface area contributed by atoms with Crippen molar-refractivity contribution in [1.82, 2.24) is 9.62 Å². The van der Waals surface area contributed by atoms with Crippen molar-refractivity contribution in [3.8, 4) is 12.3 Å². The van der Waals surface area contributed by atoms with E-state index in [2.05, 4.69) is 25.1 Å². The lowest BCUT2D eigenvalue weighted by Gasteiger charge is -2.15. The van der Waals surface area contributed by atoms with E-state index < -0.39 is 10.0 Å². The van der Waals surface area contributed by atoms with E-state index in [-0.39, 0.29) is 11.6 Å². The number of sulfonamides is 1. The zero-order valence-electron chi connectivity index (χ0n) is 12.2. The van der Waals surface area contributed by atoms with Gasteiger partial charge < -0.3 is 9.73 Å². The van der Waals surface area contributed by atoms with Crippen molar-refractivity contribution >= 4 is 10.0 Å². The Hall–Kier alpha value is -1.29. The normalized spacial score (nSPS) is 12.0. The molecule has 1 heterocycles. The van der Waals surface area contributed by atoms with E-state index in [9.17, 15) is 8.42 Å². The fourth-order valence-corrected chi connectivity index (χ4v) is 2.96. The van der Waals surface area contributed by atoms with E-state index in [0.717, 1.165) is 6.54 Å². The van der Waals surface area contributed by atoms with E-state index in [4.69, 9.17) is 10.8 Å². The third kappa shape index (κ3) is 4.37. The van der Waals surface area contributed by atoms with Crippen LogP contribution in [0.25, 0.3) is 0 Å². The summed E-state index contributed by atoms with van der Waals surface area (Å²) < 4.78 is 31.1. The summed E-state index contributed by atoms with van der Waals surface area (Å²) in [6.45, 7) is 7.65. The highest BCUT2D eigenvalue weighted by Crippen LogP contribution is 2.18. The van der Waals surface area contributed by atoms with Crippen molar-refractivity contribution in [3.63, 3.8) is 0 Å². The molecule has 1 rings (SSSR count). The van der Waals surface area contributed by atoms with Gasteiger partial charge in [0.2, 0.25) is 5.09 Å². The van der Waals surface area contributed by atoms with Gasteiger partial charge in [-0.2, -0.15) is 4.31 Å². The smallest absolute Gasteiger partial charge is 0.277 e. The molecular formula is C14H22N2O3S. The first-order valence-corrected chi connectivity index (χ1v) is 8.08. The molecule has 5 nitrogen and oxygen atoms in total. The predicted molar refractivity (Wildman–Crippen MR) is 78.5 cm³/mol. The van der Waals surface area contributed by atoms with Gasteiger partial charge in [0, 0.05) is 6.54 Å². The summed E-state index contributed by atoms with van der Waals surface area (Å²) in [5, 5.41) is 3.14. The van der Waals surface area contributed by atoms with Crippen molar-refractivity contribution in [2.24, 2.45) is 5.92 Å². The van der Waals surface area contributed by atoms with Crippen LogP contribution in [0.4, 0.5) is 0 Å². The van der Waals surface area contributed by atoms with Crippen LogP contribution in [0.2, 0.25) is 0 Å². The summed E-state index contributed by atoms with van der Waals surface area (Å²) in [6, 6.07) is 3.14. The number of nitrogens with one attached hydrogen (secondary N) is 1. The summed E-state index contributed by atoms with van der Waals surface area (Å²) in [6.07, 6.45) is 5.18. The second-order valence-corrected chi connectivity index (χ2v) is 6.75. The van der Waals surface area contributed by atoms with Crippen molar-refractivity contribution in [3.05, 3.63) is 17.9 Å². The van der Waals surface area contributed by atoms with Crippen molar-refractivity contribution in [2.45, 2.75) is 32.4 Å². The molecule has 1 aromatic rings. The average molecular weight is 298 g/mol. The number of rotatable bonds is 8. The third-order valence-electron chi connectivity index (χ3n) is 2.70. The number of nitrogens with zero attached hydrogens (tertiary/aromatic N) is 1. The topological polar surface area (TPSA) is 62.6 Å². The highest BCUT2D eigenvalue weighted by Gasteiger charge is 2.25. The minimum absolute atomic E-state index is 0.0421. The van der Waals surface area contributed by atoms with Gasteiger partial charge in [-0.25, -0.2) is 8.42 Å². The molecule has 0 aliphatic heterocycles. The summed E-state index contributed by atoms with van der Waals surface area (Å²) in [4.78, 5) is 0. The van der Waals surface area contributed by atoms with Gasteiger partial charge in [0.05, 0.1) is 13.1 Å². The largest absolute Gasteiger partial charge is 0.447 e. The molecule has 0 fully saturated rings.